The number of methoxy groups -OCH3 is 1. The predicted molar refractivity (Wildman–Crippen MR) is 102 cm³/mol. The molecule has 4 rings (SSSR count). The number of carbonyl (C=O) groups excluding carboxylic acids is 1. The fraction of sp³-hybridized carbons (Fsp3) is 0.0952. The van der Waals surface area contributed by atoms with E-state index in [0.29, 0.717) is 11.5 Å². The Morgan fingerprint density at radius 3 is 2.21 bits per heavy atom. The van der Waals surface area contributed by atoms with Gasteiger partial charge in [-0.2, -0.15) is 0 Å². The summed E-state index contributed by atoms with van der Waals surface area (Å²) in [4.78, 5) is 23.6. The molecule has 7 heteroatoms. The lowest BCUT2D eigenvalue weighted by molar-refractivity contribution is -0.385. The third kappa shape index (κ3) is 3.03. The van der Waals surface area contributed by atoms with Crippen molar-refractivity contribution in [1.82, 2.24) is 5.32 Å². The Hall–Kier alpha value is -3.87. The normalized spacial score (nSPS) is 12.3. The Balaban J connectivity index is 1.71. The molecule has 1 aliphatic rings. The third-order valence-corrected chi connectivity index (χ3v) is 4.59. The SMILES string of the molecule is COc1ccc(C(=O)NC2c3ccccc3Oc3ccccc32)cc1[N+](=O)[O-]. The minimum absolute atomic E-state index is 0.100. The van der Waals surface area contributed by atoms with E-state index in [2.05, 4.69) is 5.32 Å². The third-order valence-electron chi connectivity index (χ3n) is 4.59. The second kappa shape index (κ2) is 7.03. The van der Waals surface area contributed by atoms with Crippen LogP contribution in [0.3, 0.4) is 0 Å². The number of benzene rings is 3. The van der Waals surface area contributed by atoms with Gasteiger partial charge in [0.15, 0.2) is 5.75 Å². The van der Waals surface area contributed by atoms with Crippen molar-refractivity contribution in [3.63, 3.8) is 0 Å². The van der Waals surface area contributed by atoms with E-state index >= 15 is 0 Å². The highest BCUT2D eigenvalue weighted by Gasteiger charge is 2.29. The maximum absolute atomic E-state index is 12.9. The monoisotopic (exact) mass is 376 g/mol. The summed E-state index contributed by atoms with van der Waals surface area (Å²) in [5, 5.41) is 14.2. The maximum Gasteiger partial charge on any atom is 0.311 e. The summed E-state index contributed by atoms with van der Waals surface area (Å²) in [7, 11) is 1.35. The van der Waals surface area contributed by atoms with E-state index in [1.165, 1.54) is 25.3 Å². The molecule has 1 amide bonds. The molecule has 140 valence electrons. The number of fused-ring (bicyclic) bond motifs is 2. The molecule has 1 N–H and O–H groups in total. The van der Waals surface area contributed by atoms with E-state index < -0.39 is 16.9 Å². The molecule has 3 aromatic rings. The number of hydrogen-bond donors (Lipinski definition) is 1. The van der Waals surface area contributed by atoms with Gasteiger partial charge < -0.3 is 14.8 Å². The van der Waals surface area contributed by atoms with Crippen molar-refractivity contribution in [3.8, 4) is 17.2 Å². The van der Waals surface area contributed by atoms with E-state index in [1.54, 1.807) is 0 Å². The molecule has 0 saturated carbocycles. The number of hydrogen-bond acceptors (Lipinski definition) is 5. The highest BCUT2D eigenvalue weighted by Crippen LogP contribution is 2.42. The molecule has 0 unspecified atom stereocenters. The van der Waals surface area contributed by atoms with Gasteiger partial charge >= 0.3 is 5.69 Å². The van der Waals surface area contributed by atoms with Crippen molar-refractivity contribution in [2.24, 2.45) is 0 Å². The second-order valence-electron chi connectivity index (χ2n) is 6.23. The number of nitro benzene ring substituents is 1. The summed E-state index contributed by atoms with van der Waals surface area (Å²) >= 11 is 0. The van der Waals surface area contributed by atoms with Crippen molar-refractivity contribution in [2.75, 3.05) is 7.11 Å². The average molecular weight is 376 g/mol. The smallest absolute Gasteiger partial charge is 0.311 e. The highest BCUT2D eigenvalue weighted by atomic mass is 16.6. The molecule has 0 fully saturated rings. The maximum atomic E-state index is 12.9. The number of carbonyl (C=O) groups is 1. The number of nitrogens with one attached hydrogen (secondary N) is 1. The van der Waals surface area contributed by atoms with Crippen LogP contribution in [0.25, 0.3) is 0 Å². The first kappa shape index (κ1) is 17.5. The van der Waals surface area contributed by atoms with Gasteiger partial charge in [-0.05, 0) is 24.3 Å². The van der Waals surface area contributed by atoms with Gasteiger partial charge in [-0.15, -0.1) is 0 Å². The van der Waals surface area contributed by atoms with Crippen LogP contribution in [0.5, 0.6) is 17.2 Å². The minimum Gasteiger partial charge on any atom is -0.490 e. The van der Waals surface area contributed by atoms with Crippen molar-refractivity contribution >= 4 is 11.6 Å². The quantitative estimate of drug-likeness (QED) is 0.544. The van der Waals surface area contributed by atoms with Crippen LogP contribution < -0.4 is 14.8 Å². The minimum atomic E-state index is -0.575. The van der Waals surface area contributed by atoms with E-state index in [1.807, 2.05) is 48.5 Å². The predicted octanol–water partition coefficient (Wildman–Crippen LogP) is 4.23. The van der Waals surface area contributed by atoms with Crippen molar-refractivity contribution in [1.29, 1.82) is 0 Å². The lowest BCUT2D eigenvalue weighted by Crippen LogP contribution is -2.31. The van der Waals surface area contributed by atoms with Gasteiger partial charge in [-0.25, -0.2) is 0 Å². The first-order valence-electron chi connectivity index (χ1n) is 8.57. The van der Waals surface area contributed by atoms with Crippen molar-refractivity contribution < 1.29 is 19.2 Å². The van der Waals surface area contributed by atoms with Crippen molar-refractivity contribution in [3.05, 3.63) is 93.5 Å². The van der Waals surface area contributed by atoms with Crippen LogP contribution in [-0.4, -0.2) is 17.9 Å². The first-order valence-corrected chi connectivity index (χ1v) is 8.57. The van der Waals surface area contributed by atoms with Gasteiger partial charge in [-0.3, -0.25) is 14.9 Å². The van der Waals surface area contributed by atoms with Crippen LogP contribution >= 0.6 is 0 Å². The standard InChI is InChI=1S/C21H16N2O5/c1-27-19-11-10-13(12-16(19)23(25)26)21(24)22-20-14-6-2-4-8-17(14)28-18-9-5-3-7-15(18)20/h2-12,20H,1H3,(H,22,24). The topological polar surface area (TPSA) is 90.7 Å². The number of amides is 1. The molecule has 28 heavy (non-hydrogen) atoms. The molecule has 0 saturated heterocycles. The van der Waals surface area contributed by atoms with Crippen molar-refractivity contribution in [2.45, 2.75) is 6.04 Å². The van der Waals surface area contributed by atoms with Crippen LogP contribution in [0.4, 0.5) is 5.69 Å². The molecule has 7 nitrogen and oxygen atoms in total. The number of nitrogens with zero attached hydrogens (tertiary/aromatic N) is 1. The van der Waals surface area contributed by atoms with Gasteiger partial charge in [0.1, 0.15) is 11.5 Å². The molecular formula is C21H16N2O5. The summed E-state index contributed by atoms with van der Waals surface area (Å²) in [6, 6.07) is 18.6. The lowest BCUT2D eigenvalue weighted by atomic mass is 9.94. The first-order chi connectivity index (χ1) is 13.6. The van der Waals surface area contributed by atoms with Crippen LogP contribution in [0, 0.1) is 10.1 Å². The molecular weight excluding hydrogens is 360 g/mol. The summed E-state index contributed by atoms with van der Waals surface area (Å²) in [5.41, 5.74) is 1.55. The van der Waals surface area contributed by atoms with E-state index in [9.17, 15) is 14.9 Å². The zero-order valence-electron chi connectivity index (χ0n) is 14.9. The number of rotatable bonds is 4. The summed E-state index contributed by atoms with van der Waals surface area (Å²) in [5.74, 6) is 0.991. The highest BCUT2D eigenvalue weighted by molar-refractivity contribution is 5.95. The zero-order valence-corrected chi connectivity index (χ0v) is 14.9. The van der Waals surface area contributed by atoms with E-state index in [0.717, 1.165) is 11.1 Å². The van der Waals surface area contributed by atoms with E-state index in [-0.39, 0.29) is 17.0 Å². The molecule has 0 spiro atoms. The summed E-state index contributed by atoms with van der Waals surface area (Å²) in [6.45, 7) is 0. The lowest BCUT2D eigenvalue weighted by Gasteiger charge is -2.28. The van der Waals surface area contributed by atoms with Gasteiger partial charge in [0, 0.05) is 22.8 Å². The Kier molecular flexibility index (Phi) is 4.41. The van der Waals surface area contributed by atoms with E-state index in [4.69, 9.17) is 9.47 Å². The Morgan fingerprint density at radius 1 is 1.04 bits per heavy atom. The number of ether oxygens (including phenoxy) is 2. The molecule has 3 aromatic carbocycles. The Morgan fingerprint density at radius 2 is 1.64 bits per heavy atom. The molecule has 0 aliphatic carbocycles. The molecule has 0 aromatic heterocycles. The second-order valence-corrected chi connectivity index (χ2v) is 6.23. The van der Waals surface area contributed by atoms with Crippen LogP contribution in [0.1, 0.15) is 27.5 Å². The zero-order chi connectivity index (χ0) is 19.7. The average Bonchev–Trinajstić information content (AvgIpc) is 2.72. The fourth-order valence-corrected chi connectivity index (χ4v) is 3.25. The summed E-state index contributed by atoms with van der Waals surface area (Å²) < 4.78 is 10.9. The Bertz CT molecular complexity index is 1030. The van der Waals surface area contributed by atoms with Crippen LogP contribution in [0.15, 0.2) is 66.7 Å². The Labute approximate surface area is 160 Å². The molecule has 0 atom stereocenters. The molecule has 0 radical (unpaired) electrons. The van der Waals surface area contributed by atoms with Crippen LogP contribution in [0.2, 0.25) is 0 Å². The van der Waals surface area contributed by atoms with Gasteiger partial charge in [-0.1, -0.05) is 36.4 Å². The fourth-order valence-electron chi connectivity index (χ4n) is 3.25. The summed E-state index contributed by atoms with van der Waals surface area (Å²) in [6.07, 6.45) is 0. The molecule has 0 bridgehead atoms. The molecule has 1 aliphatic heterocycles. The largest absolute Gasteiger partial charge is 0.490 e. The van der Waals surface area contributed by atoms with Crippen LogP contribution in [-0.2, 0) is 0 Å². The molecule has 1 heterocycles. The number of nitro groups is 1. The van der Waals surface area contributed by atoms with Gasteiger partial charge in [0.05, 0.1) is 18.1 Å². The van der Waals surface area contributed by atoms with Gasteiger partial charge in [0.25, 0.3) is 5.91 Å². The van der Waals surface area contributed by atoms with Gasteiger partial charge in [0.2, 0.25) is 0 Å². The number of para-hydroxylation sites is 2.